The van der Waals surface area contributed by atoms with Gasteiger partial charge < -0.3 is 14.4 Å². The molecule has 1 heterocycles. The summed E-state index contributed by atoms with van der Waals surface area (Å²) in [5, 5.41) is 0.369. The number of halogens is 1. The zero-order chi connectivity index (χ0) is 22.2. The van der Waals surface area contributed by atoms with Crippen molar-refractivity contribution in [1.29, 1.82) is 0 Å². The molecule has 0 aliphatic heterocycles. The van der Waals surface area contributed by atoms with Gasteiger partial charge in [-0.3, -0.25) is 4.79 Å². The van der Waals surface area contributed by atoms with Crippen molar-refractivity contribution < 1.29 is 18.7 Å². The SMILES string of the molecule is CCCN(CCC)C(=O)c1ccc(Oc2nc(Cc3ccc(F)cc3)ns2)c(OC)c1. The van der Waals surface area contributed by atoms with E-state index in [4.69, 9.17) is 9.47 Å². The molecule has 0 radical (unpaired) electrons. The van der Waals surface area contributed by atoms with Crippen LogP contribution in [0.2, 0.25) is 0 Å². The van der Waals surface area contributed by atoms with Crippen molar-refractivity contribution in [3.8, 4) is 16.7 Å². The predicted molar refractivity (Wildman–Crippen MR) is 119 cm³/mol. The molecule has 8 heteroatoms. The fourth-order valence-corrected chi connectivity index (χ4v) is 3.71. The van der Waals surface area contributed by atoms with E-state index < -0.39 is 0 Å². The lowest BCUT2D eigenvalue weighted by Gasteiger charge is -2.22. The highest BCUT2D eigenvalue weighted by atomic mass is 32.1. The lowest BCUT2D eigenvalue weighted by atomic mass is 10.1. The number of amides is 1. The Kier molecular flexibility index (Phi) is 7.94. The Labute approximate surface area is 185 Å². The number of rotatable bonds is 10. The fourth-order valence-electron chi connectivity index (χ4n) is 3.15. The molecule has 2 aromatic carbocycles. The second kappa shape index (κ2) is 10.9. The molecule has 3 rings (SSSR count). The molecule has 0 aliphatic carbocycles. The maximum Gasteiger partial charge on any atom is 0.298 e. The van der Waals surface area contributed by atoms with E-state index in [1.807, 2.05) is 4.90 Å². The van der Waals surface area contributed by atoms with Crippen LogP contribution in [0.3, 0.4) is 0 Å². The van der Waals surface area contributed by atoms with Crippen LogP contribution < -0.4 is 9.47 Å². The van der Waals surface area contributed by atoms with Crippen LogP contribution in [-0.2, 0) is 6.42 Å². The fraction of sp³-hybridized carbons (Fsp3) is 0.348. The summed E-state index contributed by atoms with van der Waals surface area (Å²) in [6.45, 7) is 5.55. The van der Waals surface area contributed by atoms with E-state index in [1.54, 1.807) is 30.3 Å². The van der Waals surface area contributed by atoms with Gasteiger partial charge in [0, 0.05) is 36.6 Å². The number of hydrogen-bond donors (Lipinski definition) is 0. The topological polar surface area (TPSA) is 64.6 Å². The first-order chi connectivity index (χ1) is 15.0. The van der Waals surface area contributed by atoms with Crippen molar-refractivity contribution in [2.24, 2.45) is 0 Å². The van der Waals surface area contributed by atoms with Gasteiger partial charge in [0.05, 0.1) is 7.11 Å². The average molecular weight is 444 g/mol. The number of hydrogen-bond acceptors (Lipinski definition) is 6. The van der Waals surface area contributed by atoms with Gasteiger partial charge in [0.15, 0.2) is 17.3 Å². The molecule has 0 fully saturated rings. The van der Waals surface area contributed by atoms with Gasteiger partial charge in [0.25, 0.3) is 11.1 Å². The van der Waals surface area contributed by atoms with E-state index in [9.17, 15) is 9.18 Å². The summed E-state index contributed by atoms with van der Waals surface area (Å²) in [6.07, 6.45) is 2.29. The smallest absolute Gasteiger partial charge is 0.298 e. The Bertz CT molecular complexity index is 1000. The molecule has 0 aliphatic rings. The third kappa shape index (κ3) is 6.01. The minimum Gasteiger partial charge on any atom is -0.493 e. The first kappa shape index (κ1) is 22.7. The summed E-state index contributed by atoms with van der Waals surface area (Å²) in [5.74, 6) is 1.20. The third-order valence-electron chi connectivity index (χ3n) is 4.61. The maximum atomic E-state index is 13.1. The lowest BCUT2D eigenvalue weighted by molar-refractivity contribution is 0.0755. The average Bonchev–Trinajstić information content (AvgIpc) is 3.21. The van der Waals surface area contributed by atoms with Gasteiger partial charge in [0.2, 0.25) is 0 Å². The van der Waals surface area contributed by atoms with Crippen molar-refractivity contribution in [3.05, 3.63) is 65.2 Å². The van der Waals surface area contributed by atoms with E-state index in [0.29, 0.717) is 34.5 Å². The minimum absolute atomic E-state index is 0.0222. The van der Waals surface area contributed by atoms with Gasteiger partial charge in [-0.25, -0.2) is 4.39 Å². The molecule has 0 spiro atoms. The van der Waals surface area contributed by atoms with Gasteiger partial charge in [-0.15, -0.1) is 0 Å². The Balaban J connectivity index is 1.72. The molecule has 6 nitrogen and oxygen atoms in total. The third-order valence-corrected chi connectivity index (χ3v) is 5.24. The molecule has 0 bridgehead atoms. The monoisotopic (exact) mass is 443 g/mol. The van der Waals surface area contributed by atoms with E-state index in [-0.39, 0.29) is 11.7 Å². The number of ether oxygens (including phenoxy) is 2. The van der Waals surface area contributed by atoms with E-state index >= 15 is 0 Å². The summed E-state index contributed by atoms with van der Waals surface area (Å²) in [5.41, 5.74) is 1.47. The van der Waals surface area contributed by atoms with Crippen LogP contribution >= 0.6 is 11.5 Å². The summed E-state index contributed by atoms with van der Waals surface area (Å²) in [6, 6.07) is 11.4. The minimum atomic E-state index is -0.277. The predicted octanol–water partition coefficient (Wildman–Crippen LogP) is 5.33. The van der Waals surface area contributed by atoms with E-state index in [0.717, 1.165) is 43.0 Å². The van der Waals surface area contributed by atoms with Crippen LogP contribution in [0.4, 0.5) is 4.39 Å². The van der Waals surface area contributed by atoms with Crippen molar-refractivity contribution in [2.75, 3.05) is 20.2 Å². The molecular formula is C23H26FN3O3S. The van der Waals surface area contributed by atoms with Crippen LogP contribution in [-0.4, -0.2) is 40.4 Å². The van der Waals surface area contributed by atoms with Crippen LogP contribution in [0.25, 0.3) is 0 Å². The van der Waals surface area contributed by atoms with E-state index in [1.165, 1.54) is 19.2 Å². The summed E-state index contributed by atoms with van der Waals surface area (Å²) >= 11 is 1.13. The quantitative estimate of drug-likeness (QED) is 0.424. The largest absolute Gasteiger partial charge is 0.493 e. The second-order valence-corrected chi connectivity index (χ2v) is 7.75. The Morgan fingerprint density at radius 1 is 1.06 bits per heavy atom. The van der Waals surface area contributed by atoms with Crippen LogP contribution in [0, 0.1) is 5.82 Å². The number of aromatic nitrogens is 2. The molecule has 0 atom stereocenters. The van der Waals surface area contributed by atoms with Crippen molar-refractivity contribution >= 4 is 17.4 Å². The summed E-state index contributed by atoms with van der Waals surface area (Å²) in [4.78, 5) is 19.1. The molecule has 0 saturated heterocycles. The van der Waals surface area contributed by atoms with Crippen molar-refractivity contribution in [2.45, 2.75) is 33.1 Å². The molecule has 31 heavy (non-hydrogen) atoms. The number of benzene rings is 2. The maximum absolute atomic E-state index is 13.1. The standard InChI is InChI=1S/C23H26FN3O3S/c1-4-12-27(13-5-2)22(28)17-8-11-19(20(15-17)29-3)30-23-25-21(26-31-23)14-16-6-9-18(24)10-7-16/h6-11,15H,4-5,12-14H2,1-3H3. The van der Waals surface area contributed by atoms with Gasteiger partial charge in [-0.1, -0.05) is 26.0 Å². The normalized spacial score (nSPS) is 10.7. The summed E-state index contributed by atoms with van der Waals surface area (Å²) in [7, 11) is 1.53. The molecule has 3 aromatic rings. The zero-order valence-electron chi connectivity index (χ0n) is 17.9. The Morgan fingerprint density at radius 3 is 2.42 bits per heavy atom. The first-order valence-corrected chi connectivity index (χ1v) is 11.0. The van der Waals surface area contributed by atoms with Gasteiger partial charge >= 0.3 is 0 Å². The highest BCUT2D eigenvalue weighted by Gasteiger charge is 2.18. The van der Waals surface area contributed by atoms with Crippen LogP contribution in [0.5, 0.6) is 16.7 Å². The lowest BCUT2D eigenvalue weighted by Crippen LogP contribution is -2.32. The first-order valence-electron chi connectivity index (χ1n) is 10.3. The number of carbonyl (C=O) groups is 1. The molecule has 0 saturated carbocycles. The summed E-state index contributed by atoms with van der Waals surface area (Å²) < 4.78 is 28.7. The molecule has 0 N–H and O–H groups in total. The highest BCUT2D eigenvalue weighted by Crippen LogP contribution is 2.33. The molecular weight excluding hydrogens is 417 g/mol. The van der Waals surface area contributed by atoms with E-state index in [2.05, 4.69) is 23.2 Å². The van der Waals surface area contributed by atoms with Gasteiger partial charge in [0.1, 0.15) is 5.82 Å². The highest BCUT2D eigenvalue weighted by molar-refractivity contribution is 7.07. The molecule has 1 aromatic heterocycles. The number of nitrogens with zero attached hydrogens (tertiary/aromatic N) is 3. The van der Waals surface area contributed by atoms with Crippen LogP contribution in [0.1, 0.15) is 48.4 Å². The molecule has 164 valence electrons. The van der Waals surface area contributed by atoms with Crippen LogP contribution in [0.15, 0.2) is 42.5 Å². The number of methoxy groups -OCH3 is 1. The van der Waals surface area contributed by atoms with Gasteiger partial charge in [-0.2, -0.15) is 9.36 Å². The molecule has 1 amide bonds. The zero-order valence-corrected chi connectivity index (χ0v) is 18.7. The Hall–Kier alpha value is -3.00. The van der Waals surface area contributed by atoms with Gasteiger partial charge in [-0.05, 0) is 48.7 Å². The van der Waals surface area contributed by atoms with Crippen molar-refractivity contribution in [3.63, 3.8) is 0 Å². The molecule has 0 unspecified atom stereocenters. The number of carbonyl (C=O) groups excluding carboxylic acids is 1. The second-order valence-electron chi connectivity index (χ2n) is 7.04. The van der Waals surface area contributed by atoms with Crippen molar-refractivity contribution in [1.82, 2.24) is 14.3 Å². The Morgan fingerprint density at radius 2 is 1.77 bits per heavy atom.